The summed E-state index contributed by atoms with van der Waals surface area (Å²) in [4.78, 5) is 23.7. The Labute approximate surface area is 237 Å². The summed E-state index contributed by atoms with van der Waals surface area (Å²) in [5.41, 5.74) is 2.58. The number of nitrogens with zero attached hydrogens (tertiary/aromatic N) is 6. The Morgan fingerprint density at radius 1 is 1.17 bits per heavy atom. The van der Waals surface area contributed by atoms with Gasteiger partial charge in [0.1, 0.15) is 24.2 Å². The molecule has 0 bridgehead atoms. The number of pyridine rings is 3. The highest BCUT2D eigenvalue weighted by Gasteiger charge is 2.56. The average molecular weight is 554 g/mol. The van der Waals surface area contributed by atoms with Crippen LogP contribution >= 0.6 is 0 Å². The van der Waals surface area contributed by atoms with Crippen molar-refractivity contribution in [1.29, 1.82) is 5.26 Å². The largest absolute Gasteiger partial charge is 0.489 e. The Hall–Kier alpha value is -4.69. The number of aliphatic hydroxyl groups is 1. The molecule has 11 heteroatoms. The number of nitriles is 1. The van der Waals surface area contributed by atoms with Crippen LogP contribution in [0.25, 0.3) is 16.6 Å². The van der Waals surface area contributed by atoms with Crippen LogP contribution in [0.3, 0.4) is 0 Å². The van der Waals surface area contributed by atoms with E-state index in [2.05, 4.69) is 26.4 Å². The Balaban J connectivity index is 1.11. The molecule has 4 aromatic heterocycles. The van der Waals surface area contributed by atoms with Gasteiger partial charge in [-0.2, -0.15) is 10.4 Å². The topological polar surface area (TPSA) is 138 Å². The second kappa shape index (κ2) is 10.4. The number of hydrogen-bond donors (Lipinski definition) is 2. The van der Waals surface area contributed by atoms with Gasteiger partial charge in [0.2, 0.25) is 11.8 Å². The monoisotopic (exact) mass is 553 g/mol. The number of anilines is 1. The zero-order chi connectivity index (χ0) is 28.7. The average Bonchev–Trinajstić information content (AvgIpc) is 3.29. The minimum Gasteiger partial charge on any atom is -0.489 e. The molecule has 0 radical (unpaired) electrons. The second-order valence-electron chi connectivity index (χ2n) is 11.3. The van der Waals surface area contributed by atoms with Crippen molar-refractivity contribution in [3.05, 3.63) is 66.2 Å². The fourth-order valence-electron chi connectivity index (χ4n) is 5.46. The Kier molecular flexibility index (Phi) is 6.71. The highest BCUT2D eigenvalue weighted by molar-refractivity contribution is 5.85. The predicted molar refractivity (Wildman–Crippen MR) is 151 cm³/mol. The van der Waals surface area contributed by atoms with E-state index >= 15 is 0 Å². The van der Waals surface area contributed by atoms with E-state index in [4.69, 9.17) is 14.5 Å². The fourth-order valence-corrected chi connectivity index (χ4v) is 5.46. The molecule has 4 aromatic rings. The summed E-state index contributed by atoms with van der Waals surface area (Å²) < 4.78 is 12.5. The Bertz CT molecular complexity index is 1610. The predicted octanol–water partition coefficient (Wildman–Crippen LogP) is 2.61. The van der Waals surface area contributed by atoms with E-state index in [0.29, 0.717) is 41.0 Å². The van der Waals surface area contributed by atoms with Gasteiger partial charge in [-0.1, -0.05) is 6.07 Å². The number of hydrogen-bond acceptors (Lipinski definition) is 9. The minimum absolute atomic E-state index is 0.00193. The molecular weight excluding hydrogens is 522 g/mol. The number of carbonyl (C=O) groups excluding carboxylic acids is 1. The van der Waals surface area contributed by atoms with Crippen LogP contribution in [-0.4, -0.2) is 69.0 Å². The van der Waals surface area contributed by atoms with Crippen LogP contribution < -0.4 is 19.7 Å². The van der Waals surface area contributed by atoms with Gasteiger partial charge in [0.05, 0.1) is 42.6 Å². The number of nitrogens with one attached hydrogen (secondary N) is 1. The van der Waals surface area contributed by atoms with Gasteiger partial charge >= 0.3 is 0 Å². The molecule has 11 nitrogen and oxygen atoms in total. The number of aromatic nitrogens is 4. The number of amides is 1. The highest BCUT2D eigenvalue weighted by atomic mass is 16.5. The molecule has 41 heavy (non-hydrogen) atoms. The number of ether oxygens (including phenoxy) is 2. The van der Waals surface area contributed by atoms with Crippen molar-refractivity contribution in [3.8, 4) is 28.8 Å². The van der Waals surface area contributed by atoms with Gasteiger partial charge in [-0.15, -0.1) is 0 Å². The maximum absolute atomic E-state index is 12.6. The van der Waals surface area contributed by atoms with E-state index in [9.17, 15) is 15.2 Å². The molecule has 210 valence electrons. The van der Waals surface area contributed by atoms with Crippen LogP contribution in [0.2, 0.25) is 0 Å². The summed E-state index contributed by atoms with van der Waals surface area (Å²) in [6.07, 6.45) is 6.99. The van der Waals surface area contributed by atoms with Crippen LogP contribution in [0.15, 0.2) is 55.1 Å². The van der Waals surface area contributed by atoms with Crippen LogP contribution in [-0.2, 0) is 11.2 Å². The molecule has 1 aliphatic heterocycles. The molecule has 2 N–H and O–H groups in total. The number of methoxy groups -OCH3 is 1. The SMILES string of the molecule is COc1ccc(CC(=O)NC2C3CN(c4ccc(-c5cc(OCC(C)(C)O)cn6ncc(C#N)c56)cn4)CC32)cn1. The highest BCUT2D eigenvalue weighted by Crippen LogP contribution is 2.46. The summed E-state index contributed by atoms with van der Waals surface area (Å²) in [5.74, 6) is 2.74. The van der Waals surface area contributed by atoms with Crippen LogP contribution in [0.5, 0.6) is 11.6 Å². The quantitative estimate of drug-likeness (QED) is 0.320. The Morgan fingerprint density at radius 3 is 2.61 bits per heavy atom. The first-order valence-electron chi connectivity index (χ1n) is 13.5. The maximum Gasteiger partial charge on any atom is 0.224 e. The first-order chi connectivity index (χ1) is 19.7. The number of fused-ring (bicyclic) bond motifs is 2. The molecule has 2 aliphatic rings. The van der Waals surface area contributed by atoms with E-state index in [1.807, 2.05) is 24.3 Å². The number of rotatable bonds is 9. The van der Waals surface area contributed by atoms with Crippen molar-refractivity contribution < 1.29 is 19.4 Å². The first-order valence-corrected chi connectivity index (χ1v) is 13.5. The van der Waals surface area contributed by atoms with Crippen molar-refractivity contribution >= 4 is 17.2 Å². The van der Waals surface area contributed by atoms with E-state index in [1.54, 1.807) is 50.1 Å². The van der Waals surface area contributed by atoms with Crippen LogP contribution in [0.1, 0.15) is 25.0 Å². The third-order valence-corrected chi connectivity index (χ3v) is 7.58. The van der Waals surface area contributed by atoms with Crippen LogP contribution in [0, 0.1) is 23.2 Å². The lowest BCUT2D eigenvalue weighted by Gasteiger charge is -2.21. The van der Waals surface area contributed by atoms with Gasteiger partial charge in [0.25, 0.3) is 0 Å². The van der Waals surface area contributed by atoms with Gasteiger partial charge in [0, 0.05) is 60.6 Å². The standard InChI is InChI=1S/C30H31N7O4/c1-30(2,39)17-41-21-9-22(29-20(10-31)13-34-37(29)14-21)19-5-6-25(32-12-19)36-15-23-24(16-36)28(23)35-26(38)8-18-4-7-27(40-3)33-11-18/h4-7,9,11-14,23-24,28,39H,8,15-17H2,1-3H3,(H,35,38). The molecule has 1 saturated carbocycles. The van der Waals surface area contributed by atoms with E-state index in [1.165, 1.54) is 6.20 Å². The lowest BCUT2D eigenvalue weighted by atomic mass is 10.1. The summed E-state index contributed by atoms with van der Waals surface area (Å²) in [6.45, 7) is 5.12. The maximum atomic E-state index is 12.6. The molecule has 0 aromatic carbocycles. The number of piperidine rings is 1. The molecule has 1 saturated heterocycles. The molecule has 2 fully saturated rings. The van der Waals surface area contributed by atoms with Crippen LogP contribution in [0.4, 0.5) is 5.82 Å². The third kappa shape index (κ3) is 5.51. The van der Waals surface area contributed by atoms with Gasteiger partial charge < -0.3 is 24.8 Å². The first kappa shape index (κ1) is 26.5. The third-order valence-electron chi connectivity index (χ3n) is 7.58. The van der Waals surface area contributed by atoms with E-state index in [-0.39, 0.29) is 18.6 Å². The molecule has 5 heterocycles. The lowest BCUT2D eigenvalue weighted by Crippen LogP contribution is -2.35. The zero-order valence-electron chi connectivity index (χ0n) is 23.1. The van der Waals surface area contributed by atoms with Gasteiger partial charge in [-0.05, 0) is 37.6 Å². The smallest absolute Gasteiger partial charge is 0.224 e. The van der Waals surface area contributed by atoms with Crippen molar-refractivity contribution in [2.24, 2.45) is 11.8 Å². The zero-order valence-corrected chi connectivity index (χ0v) is 23.1. The van der Waals surface area contributed by atoms with Crippen molar-refractivity contribution in [1.82, 2.24) is 24.9 Å². The summed E-state index contributed by atoms with van der Waals surface area (Å²) in [5, 5.41) is 27.2. The van der Waals surface area contributed by atoms with Crippen molar-refractivity contribution in [2.75, 3.05) is 31.7 Å². The molecule has 2 unspecified atom stereocenters. The molecule has 6 rings (SSSR count). The minimum atomic E-state index is -0.994. The summed E-state index contributed by atoms with van der Waals surface area (Å²) >= 11 is 0. The van der Waals surface area contributed by atoms with E-state index < -0.39 is 5.60 Å². The second-order valence-corrected chi connectivity index (χ2v) is 11.3. The van der Waals surface area contributed by atoms with Gasteiger partial charge in [-0.3, -0.25) is 4.79 Å². The normalized spacial score (nSPS) is 19.5. The van der Waals surface area contributed by atoms with Gasteiger partial charge in [-0.25, -0.2) is 14.5 Å². The van der Waals surface area contributed by atoms with Crippen molar-refractivity contribution in [3.63, 3.8) is 0 Å². The van der Waals surface area contributed by atoms with Crippen molar-refractivity contribution in [2.45, 2.75) is 31.9 Å². The number of carbonyl (C=O) groups is 1. The fraction of sp³-hybridized carbons (Fsp3) is 0.367. The molecule has 1 aliphatic carbocycles. The summed E-state index contributed by atoms with van der Waals surface area (Å²) in [6, 6.07) is 11.8. The molecule has 2 atom stereocenters. The summed E-state index contributed by atoms with van der Waals surface area (Å²) in [7, 11) is 1.56. The van der Waals surface area contributed by atoms with Gasteiger partial charge in [0.15, 0.2) is 0 Å². The Morgan fingerprint density at radius 2 is 1.98 bits per heavy atom. The molecule has 0 spiro atoms. The molecular formula is C30H31N7O4. The van der Waals surface area contributed by atoms with E-state index in [0.717, 1.165) is 35.6 Å². The molecule has 1 amide bonds. The lowest BCUT2D eigenvalue weighted by molar-refractivity contribution is -0.120.